The number of nitrogens with two attached hydrogens (primary N) is 1. The Morgan fingerprint density at radius 3 is 2.67 bits per heavy atom. The van der Waals surface area contributed by atoms with Crippen LogP contribution in [0.15, 0.2) is 18.2 Å². The third-order valence-corrected chi connectivity index (χ3v) is 4.42. The van der Waals surface area contributed by atoms with E-state index in [9.17, 15) is 4.79 Å². The molecule has 0 spiro atoms. The van der Waals surface area contributed by atoms with Gasteiger partial charge in [-0.2, -0.15) is 0 Å². The van der Waals surface area contributed by atoms with Crippen LogP contribution in [0.25, 0.3) is 0 Å². The fraction of sp³-hybridized carbons (Fsp3) is 0.588. The van der Waals surface area contributed by atoms with Crippen molar-refractivity contribution in [3.05, 3.63) is 29.3 Å². The number of para-hydroxylation sites is 1. The first-order valence-corrected chi connectivity index (χ1v) is 7.69. The van der Waals surface area contributed by atoms with Crippen molar-refractivity contribution in [2.24, 2.45) is 5.73 Å². The average molecular weight is 288 g/mol. The zero-order valence-electron chi connectivity index (χ0n) is 13.1. The highest BCUT2D eigenvalue weighted by atomic mass is 16.6. The van der Waals surface area contributed by atoms with E-state index in [4.69, 9.17) is 10.5 Å². The van der Waals surface area contributed by atoms with Crippen LogP contribution in [0.2, 0.25) is 0 Å². The molecule has 3 rings (SSSR count). The minimum atomic E-state index is -0.472. The van der Waals surface area contributed by atoms with E-state index in [1.54, 1.807) is 4.90 Å². The molecular weight excluding hydrogens is 264 g/mol. The van der Waals surface area contributed by atoms with Gasteiger partial charge in [0.15, 0.2) is 0 Å². The molecule has 1 aliphatic carbocycles. The van der Waals surface area contributed by atoms with E-state index in [0.717, 1.165) is 24.9 Å². The van der Waals surface area contributed by atoms with E-state index < -0.39 is 5.60 Å². The van der Waals surface area contributed by atoms with Crippen LogP contribution in [0.5, 0.6) is 0 Å². The molecule has 0 radical (unpaired) electrons. The Labute approximate surface area is 126 Å². The summed E-state index contributed by atoms with van der Waals surface area (Å²) < 4.78 is 5.56. The fourth-order valence-corrected chi connectivity index (χ4v) is 3.12. The number of carbonyl (C=O) groups excluding carboxylic acids is 1. The summed E-state index contributed by atoms with van der Waals surface area (Å²) in [7, 11) is 0. The van der Waals surface area contributed by atoms with Crippen LogP contribution in [0, 0.1) is 0 Å². The van der Waals surface area contributed by atoms with E-state index >= 15 is 0 Å². The van der Waals surface area contributed by atoms with Crippen LogP contribution in [0.3, 0.4) is 0 Å². The molecule has 114 valence electrons. The molecule has 1 saturated carbocycles. The number of nitrogens with zero attached hydrogens (tertiary/aromatic N) is 1. The molecule has 2 aliphatic rings. The predicted octanol–water partition coefficient (Wildman–Crippen LogP) is 2.97. The summed E-state index contributed by atoms with van der Waals surface area (Å²) in [6.07, 6.45) is 2.87. The zero-order valence-corrected chi connectivity index (χ0v) is 13.1. The number of rotatable bonds is 2. The molecule has 0 bridgehead atoms. The molecule has 1 aliphatic heterocycles. The Bertz CT molecular complexity index is 571. The minimum absolute atomic E-state index is 0.0793. The van der Waals surface area contributed by atoms with Crippen LogP contribution < -0.4 is 10.6 Å². The number of ether oxygens (including phenoxy) is 1. The smallest absolute Gasteiger partial charge is 0.414 e. The van der Waals surface area contributed by atoms with Crippen molar-refractivity contribution in [3.8, 4) is 0 Å². The number of amides is 1. The molecule has 2 N–H and O–H groups in total. The summed E-state index contributed by atoms with van der Waals surface area (Å²) in [6, 6.07) is 6.32. The van der Waals surface area contributed by atoms with Crippen LogP contribution >= 0.6 is 0 Å². The van der Waals surface area contributed by atoms with Gasteiger partial charge in [0.25, 0.3) is 0 Å². The van der Waals surface area contributed by atoms with Gasteiger partial charge in [0, 0.05) is 18.5 Å². The Balaban J connectivity index is 1.96. The maximum atomic E-state index is 12.5. The second-order valence-corrected chi connectivity index (χ2v) is 7.18. The minimum Gasteiger partial charge on any atom is -0.443 e. The molecular formula is C17H24N2O2. The Morgan fingerprint density at radius 1 is 1.38 bits per heavy atom. The summed E-state index contributed by atoms with van der Waals surface area (Å²) in [5, 5.41) is 0. The molecule has 1 aromatic rings. The topological polar surface area (TPSA) is 55.6 Å². The second kappa shape index (κ2) is 4.73. The summed E-state index contributed by atoms with van der Waals surface area (Å²) in [5.41, 5.74) is 9.10. The summed E-state index contributed by atoms with van der Waals surface area (Å²) in [4.78, 5) is 14.3. The van der Waals surface area contributed by atoms with E-state index in [0.29, 0.717) is 13.1 Å². The Kier molecular flexibility index (Phi) is 3.24. The third-order valence-electron chi connectivity index (χ3n) is 4.42. The molecule has 0 aromatic heterocycles. The van der Waals surface area contributed by atoms with Gasteiger partial charge in [0.05, 0.1) is 5.69 Å². The van der Waals surface area contributed by atoms with Crippen molar-refractivity contribution >= 4 is 11.8 Å². The van der Waals surface area contributed by atoms with Gasteiger partial charge < -0.3 is 10.5 Å². The van der Waals surface area contributed by atoms with Crippen molar-refractivity contribution in [2.75, 3.05) is 18.0 Å². The highest BCUT2D eigenvalue weighted by Gasteiger charge is 2.46. The first kappa shape index (κ1) is 14.4. The van der Waals surface area contributed by atoms with Gasteiger partial charge in [0.1, 0.15) is 5.60 Å². The Hall–Kier alpha value is -1.55. The molecule has 21 heavy (non-hydrogen) atoms. The number of hydrogen-bond acceptors (Lipinski definition) is 3. The van der Waals surface area contributed by atoms with Crippen LogP contribution in [-0.4, -0.2) is 24.8 Å². The first-order chi connectivity index (χ1) is 9.86. The molecule has 4 heteroatoms. The van der Waals surface area contributed by atoms with Crippen LogP contribution in [-0.2, 0) is 16.6 Å². The van der Waals surface area contributed by atoms with E-state index in [1.165, 1.54) is 11.1 Å². The quantitative estimate of drug-likeness (QED) is 0.910. The van der Waals surface area contributed by atoms with Gasteiger partial charge in [0.2, 0.25) is 0 Å². The number of fused-ring (bicyclic) bond motifs is 1. The van der Waals surface area contributed by atoms with E-state index in [-0.39, 0.29) is 11.5 Å². The highest BCUT2D eigenvalue weighted by molar-refractivity contribution is 5.92. The SMILES string of the molecule is CC(C)(C)OC(=O)N1CCc2cccc(C3(CN)CC3)c21. The van der Waals surface area contributed by atoms with E-state index in [1.807, 2.05) is 20.8 Å². The largest absolute Gasteiger partial charge is 0.443 e. The van der Waals surface area contributed by atoms with Gasteiger partial charge in [-0.15, -0.1) is 0 Å². The van der Waals surface area contributed by atoms with Crippen LogP contribution in [0.1, 0.15) is 44.7 Å². The second-order valence-electron chi connectivity index (χ2n) is 7.18. The Morgan fingerprint density at radius 2 is 2.10 bits per heavy atom. The highest BCUT2D eigenvalue weighted by Crippen LogP contribution is 2.52. The van der Waals surface area contributed by atoms with Gasteiger partial charge >= 0.3 is 6.09 Å². The number of carbonyl (C=O) groups is 1. The van der Waals surface area contributed by atoms with Gasteiger partial charge in [-0.05, 0) is 51.2 Å². The molecule has 0 atom stereocenters. The maximum Gasteiger partial charge on any atom is 0.414 e. The van der Waals surface area contributed by atoms with Crippen molar-refractivity contribution in [1.29, 1.82) is 0 Å². The lowest BCUT2D eigenvalue weighted by atomic mass is 9.92. The molecule has 1 aromatic carbocycles. The van der Waals surface area contributed by atoms with Crippen molar-refractivity contribution in [1.82, 2.24) is 0 Å². The van der Waals surface area contributed by atoms with Crippen molar-refractivity contribution in [2.45, 2.75) is 51.0 Å². The monoisotopic (exact) mass is 288 g/mol. The summed E-state index contributed by atoms with van der Waals surface area (Å²) in [5.74, 6) is 0. The fourth-order valence-electron chi connectivity index (χ4n) is 3.12. The lowest BCUT2D eigenvalue weighted by Crippen LogP contribution is -2.37. The normalized spacial score (nSPS) is 19.3. The maximum absolute atomic E-state index is 12.5. The molecule has 1 fully saturated rings. The van der Waals surface area contributed by atoms with Gasteiger partial charge in [-0.1, -0.05) is 18.2 Å². The first-order valence-electron chi connectivity index (χ1n) is 7.69. The zero-order chi connectivity index (χ0) is 15.3. The predicted molar refractivity (Wildman–Crippen MR) is 83.7 cm³/mol. The van der Waals surface area contributed by atoms with E-state index in [2.05, 4.69) is 18.2 Å². The molecule has 1 amide bonds. The van der Waals surface area contributed by atoms with Gasteiger partial charge in [-0.3, -0.25) is 4.90 Å². The number of benzene rings is 1. The molecule has 4 nitrogen and oxygen atoms in total. The number of anilines is 1. The van der Waals surface area contributed by atoms with Crippen molar-refractivity contribution in [3.63, 3.8) is 0 Å². The molecule has 0 saturated heterocycles. The lowest BCUT2D eigenvalue weighted by Gasteiger charge is -2.27. The van der Waals surface area contributed by atoms with Crippen LogP contribution in [0.4, 0.5) is 10.5 Å². The van der Waals surface area contributed by atoms with Crippen molar-refractivity contribution < 1.29 is 9.53 Å². The molecule has 1 heterocycles. The molecule has 0 unspecified atom stereocenters. The average Bonchev–Trinajstić information content (AvgIpc) is 3.08. The van der Waals surface area contributed by atoms with Gasteiger partial charge in [-0.25, -0.2) is 4.79 Å². The lowest BCUT2D eigenvalue weighted by molar-refractivity contribution is 0.0583. The summed E-state index contributed by atoms with van der Waals surface area (Å²) >= 11 is 0. The standard InChI is InChI=1S/C17H24N2O2/c1-16(2,3)21-15(20)19-10-7-12-5-4-6-13(14(12)19)17(11-18)8-9-17/h4-6H,7-11,18H2,1-3H3. The third kappa shape index (κ3) is 2.53. The number of hydrogen-bond donors (Lipinski definition) is 1. The summed E-state index contributed by atoms with van der Waals surface area (Å²) in [6.45, 7) is 7.04.